The van der Waals surface area contributed by atoms with E-state index in [1.165, 1.54) is 7.11 Å². The summed E-state index contributed by atoms with van der Waals surface area (Å²) in [5, 5.41) is 9.55. The van der Waals surface area contributed by atoms with Gasteiger partial charge in [0, 0.05) is 10.6 Å². The summed E-state index contributed by atoms with van der Waals surface area (Å²) in [6.07, 6.45) is -0.100. The molecule has 0 saturated carbocycles. The highest BCUT2D eigenvalue weighted by Gasteiger charge is 2.08. The van der Waals surface area contributed by atoms with Crippen molar-refractivity contribution in [3.63, 3.8) is 0 Å². The van der Waals surface area contributed by atoms with Crippen LogP contribution >= 0.6 is 11.8 Å². The van der Waals surface area contributed by atoms with Gasteiger partial charge in [0.15, 0.2) is 0 Å². The number of methoxy groups -OCH3 is 1. The van der Waals surface area contributed by atoms with E-state index in [9.17, 15) is 9.90 Å². The van der Waals surface area contributed by atoms with Gasteiger partial charge in [-0.05, 0) is 18.6 Å². The van der Waals surface area contributed by atoms with Crippen molar-refractivity contribution in [1.29, 1.82) is 0 Å². The standard InChI is InChI=1S/C12H16O3S/c1-9(13)10-5-3-4-6-11(10)16-8-7-12(14)15-2/h3-6,9,13H,7-8H2,1-2H3/t9-/m1/s1. The molecule has 1 N–H and O–H groups in total. The summed E-state index contributed by atoms with van der Waals surface area (Å²) in [5.41, 5.74) is 0.900. The van der Waals surface area contributed by atoms with Gasteiger partial charge in [-0.15, -0.1) is 11.8 Å². The Bertz CT molecular complexity index is 350. The molecule has 0 spiro atoms. The van der Waals surface area contributed by atoms with Crippen LogP contribution in [0.4, 0.5) is 0 Å². The number of aliphatic hydroxyl groups is 1. The third kappa shape index (κ3) is 3.87. The van der Waals surface area contributed by atoms with E-state index in [4.69, 9.17) is 0 Å². The van der Waals surface area contributed by atoms with Gasteiger partial charge in [0.1, 0.15) is 0 Å². The normalized spacial score (nSPS) is 12.2. The Labute approximate surface area is 99.8 Å². The molecule has 1 aromatic carbocycles. The number of aliphatic hydroxyl groups excluding tert-OH is 1. The molecule has 16 heavy (non-hydrogen) atoms. The molecule has 0 aliphatic heterocycles. The summed E-state index contributed by atoms with van der Waals surface area (Å²) in [6.45, 7) is 1.74. The van der Waals surface area contributed by atoms with Gasteiger partial charge in [-0.25, -0.2) is 0 Å². The van der Waals surface area contributed by atoms with Crippen molar-refractivity contribution in [1.82, 2.24) is 0 Å². The van der Waals surface area contributed by atoms with Crippen LogP contribution in [0.25, 0.3) is 0 Å². The summed E-state index contributed by atoms with van der Waals surface area (Å²) in [4.78, 5) is 12.0. The molecule has 0 fully saturated rings. The van der Waals surface area contributed by atoms with Crippen LogP contribution in [0.15, 0.2) is 29.2 Å². The molecule has 3 nitrogen and oxygen atoms in total. The average Bonchev–Trinajstić information content (AvgIpc) is 2.29. The fourth-order valence-corrected chi connectivity index (χ4v) is 2.37. The second kappa shape index (κ2) is 6.55. The second-order valence-electron chi connectivity index (χ2n) is 3.39. The van der Waals surface area contributed by atoms with E-state index in [-0.39, 0.29) is 5.97 Å². The molecule has 0 radical (unpaired) electrons. The smallest absolute Gasteiger partial charge is 0.306 e. The molecule has 0 amide bonds. The number of benzene rings is 1. The van der Waals surface area contributed by atoms with Gasteiger partial charge in [-0.2, -0.15) is 0 Å². The van der Waals surface area contributed by atoms with E-state index in [1.54, 1.807) is 18.7 Å². The molecule has 0 heterocycles. The van der Waals surface area contributed by atoms with Crippen LogP contribution in [0, 0.1) is 0 Å². The highest BCUT2D eigenvalue weighted by molar-refractivity contribution is 7.99. The Kier molecular flexibility index (Phi) is 5.35. The van der Waals surface area contributed by atoms with Crippen molar-refractivity contribution in [2.75, 3.05) is 12.9 Å². The van der Waals surface area contributed by atoms with Crippen LogP contribution in [-0.2, 0) is 9.53 Å². The Hall–Kier alpha value is -1.00. The molecule has 0 saturated heterocycles. The molecule has 0 aliphatic carbocycles. The molecular weight excluding hydrogens is 224 g/mol. The number of ether oxygens (including phenoxy) is 1. The molecule has 1 rings (SSSR count). The van der Waals surface area contributed by atoms with Crippen molar-refractivity contribution in [2.24, 2.45) is 0 Å². The molecule has 0 bridgehead atoms. The quantitative estimate of drug-likeness (QED) is 0.634. The summed E-state index contributed by atoms with van der Waals surface area (Å²) in [6, 6.07) is 7.66. The minimum Gasteiger partial charge on any atom is -0.469 e. The van der Waals surface area contributed by atoms with Crippen molar-refractivity contribution in [3.8, 4) is 0 Å². The monoisotopic (exact) mass is 240 g/mol. The summed E-state index contributed by atoms with van der Waals surface area (Å²) >= 11 is 1.56. The average molecular weight is 240 g/mol. The number of rotatable bonds is 5. The third-order valence-corrected chi connectivity index (χ3v) is 3.25. The first kappa shape index (κ1) is 13.1. The summed E-state index contributed by atoms with van der Waals surface area (Å²) in [5.74, 6) is 0.457. The zero-order chi connectivity index (χ0) is 12.0. The topological polar surface area (TPSA) is 46.5 Å². The van der Waals surface area contributed by atoms with Gasteiger partial charge >= 0.3 is 5.97 Å². The van der Waals surface area contributed by atoms with Crippen molar-refractivity contribution in [2.45, 2.75) is 24.3 Å². The molecule has 0 aromatic heterocycles. The number of thioether (sulfide) groups is 1. The van der Waals surface area contributed by atoms with Crippen LogP contribution in [-0.4, -0.2) is 23.9 Å². The lowest BCUT2D eigenvalue weighted by Crippen LogP contribution is -2.01. The van der Waals surface area contributed by atoms with Gasteiger partial charge in [0.2, 0.25) is 0 Å². The van der Waals surface area contributed by atoms with Crippen LogP contribution in [0.1, 0.15) is 25.0 Å². The first-order chi connectivity index (χ1) is 7.65. The van der Waals surface area contributed by atoms with Crippen molar-refractivity contribution in [3.05, 3.63) is 29.8 Å². The van der Waals surface area contributed by atoms with Gasteiger partial charge in [0.25, 0.3) is 0 Å². The van der Waals surface area contributed by atoms with Crippen LogP contribution in [0.2, 0.25) is 0 Å². The highest BCUT2D eigenvalue weighted by atomic mass is 32.2. The molecule has 1 aromatic rings. The van der Waals surface area contributed by atoms with E-state index in [2.05, 4.69) is 4.74 Å². The van der Waals surface area contributed by atoms with Crippen molar-refractivity contribution < 1.29 is 14.6 Å². The summed E-state index contributed by atoms with van der Waals surface area (Å²) in [7, 11) is 1.39. The maximum absolute atomic E-state index is 10.9. The number of esters is 1. The molecule has 1 atom stereocenters. The third-order valence-electron chi connectivity index (χ3n) is 2.16. The van der Waals surface area contributed by atoms with Crippen LogP contribution < -0.4 is 0 Å². The number of carbonyl (C=O) groups excluding carboxylic acids is 1. The largest absolute Gasteiger partial charge is 0.469 e. The Morgan fingerprint density at radius 2 is 2.19 bits per heavy atom. The maximum Gasteiger partial charge on any atom is 0.306 e. The highest BCUT2D eigenvalue weighted by Crippen LogP contribution is 2.27. The first-order valence-corrected chi connectivity index (χ1v) is 6.10. The van der Waals surface area contributed by atoms with Crippen molar-refractivity contribution >= 4 is 17.7 Å². The zero-order valence-corrected chi connectivity index (χ0v) is 10.3. The fourth-order valence-electron chi connectivity index (χ4n) is 1.30. The first-order valence-electron chi connectivity index (χ1n) is 5.11. The number of hydrogen-bond donors (Lipinski definition) is 1. The molecule has 88 valence electrons. The lowest BCUT2D eigenvalue weighted by atomic mass is 10.1. The fraction of sp³-hybridized carbons (Fsp3) is 0.417. The molecule has 0 unspecified atom stereocenters. The lowest BCUT2D eigenvalue weighted by Gasteiger charge is -2.10. The lowest BCUT2D eigenvalue weighted by molar-refractivity contribution is -0.140. The second-order valence-corrected chi connectivity index (χ2v) is 4.53. The van der Waals surface area contributed by atoms with Crippen LogP contribution in [0.5, 0.6) is 0 Å². The van der Waals surface area contributed by atoms with E-state index >= 15 is 0 Å². The van der Waals surface area contributed by atoms with Gasteiger partial charge in [-0.1, -0.05) is 18.2 Å². The zero-order valence-electron chi connectivity index (χ0n) is 9.47. The molecule has 0 aliphatic rings. The number of carbonyl (C=O) groups is 1. The minimum atomic E-state index is -0.484. The predicted octanol–water partition coefficient (Wildman–Crippen LogP) is 2.40. The molecular formula is C12H16O3S. The number of hydrogen-bond acceptors (Lipinski definition) is 4. The van der Waals surface area contributed by atoms with Gasteiger partial charge < -0.3 is 9.84 Å². The predicted molar refractivity (Wildman–Crippen MR) is 64.4 cm³/mol. The van der Waals surface area contributed by atoms with Gasteiger partial charge in [0.05, 0.1) is 19.6 Å². The van der Waals surface area contributed by atoms with E-state index in [0.29, 0.717) is 12.2 Å². The van der Waals surface area contributed by atoms with Crippen LogP contribution in [0.3, 0.4) is 0 Å². The van der Waals surface area contributed by atoms with E-state index in [1.807, 2.05) is 24.3 Å². The minimum absolute atomic E-state index is 0.206. The maximum atomic E-state index is 10.9. The van der Waals surface area contributed by atoms with Gasteiger partial charge in [-0.3, -0.25) is 4.79 Å². The van der Waals surface area contributed by atoms with E-state index < -0.39 is 6.10 Å². The Morgan fingerprint density at radius 1 is 1.50 bits per heavy atom. The van der Waals surface area contributed by atoms with E-state index in [0.717, 1.165) is 10.5 Å². The molecule has 4 heteroatoms. The SMILES string of the molecule is COC(=O)CCSc1ccccc1[C@@H](C)O. The summed E-state index contributed by atoms with van der Waals surface area (Å²) < 4.78 is 4.56. The Morgan fingerprint density at radius 3 is 2.81 bits per heavy atom. The Balaban J connectivity index is 2.56.